The predicted molar refractivity (Wildman–Crippen MR) is 77.0 cm³/mol. The van der Waals surface area contributed by atoms with Crippen LogP contribution in [0.3, 0.4) is 0 Å². The molecule has 5 nitrogen and oxygen atoms in total. The van der Waals surface area contributed by atoms with Crippen LogP contribution >= 0.6 is 0 Å². The molecule has 20 heavy (non-hydrogen) atoms. The van der Waals surface area contributed by atoms with Gasteiger partial charge in [0.2, 0.25) is 0 Å². The average Bonchev–Trinajstić information content (AvgIpc) is 3.25. The van der Waals surface area contributed by atoms with E-state index in [0.29, 0.717) is 19.1 Å². The number of nitrogens with two attached hydrogens (primary N) is 1. The fourth-order valence-electron chi connectivity index (χ4n) is 2.43. The minimum absolute atomic E-state index is 0.0642. The highest BCUT2D eigenvalue weighted by Gasteiger charge is 2.25. The van der Waals surface area contributed by atoms with E-state index < -0.39 is 0 Å². The molecule has 2 N–H and O–H groups in total. The maximum Gasteiger partial charge on any atom is 0.328 e. The standard InChI is InChI=1S/C15H19N3O2/c1-20-14-8-11(2-3-12(14)9-16)10-17-6-7-18(15(17)19)13-4-5-13/h2-3,6-8,13H,4-5,9-10,16H2,1H3. The van der Waals surface area contributed by atoms with Gasteiger partial charge >= 0.3 is 5.69 Å². The van der Waals surface area contributed by atoms with Gasteiger partial charge in [-0.25, -0.2) is 4.79 Å². The summed E-state index contributed by atoms with van der Waals surface area (Å²) in [5, 5.41) is 0. The van der Waals surface area contributed by atoms with Gasteiger partial charge in [0.15, 0.2) is 0 Å². The van der Waals surface area contributed by atoms with E-state index in [0.717, 1.165) is 29.7 Å². The Bertz CT molecular complexity index is 668. The van der Waals surface area contributed by atoms with Crippen molar-refractivity contribution in [1.82, 2.24) is 9.13 Å². The minimum atomic E-state index is 0.0642. The molecule has 106 valence electrons. The first-order valence-corrected chi connectivity index (χ1v) is 6.86. The van der Waals surface area contributed by atoms with E-state index in [1.165, 1.54) is 0 Å². The molecule has 2 aromatic rings. The topological polar surface area (TPSA) is 62.2 Å². The summed E-state index contributed by atoms with van der Waals surface area (Å²) in [5.74, 6) is 0.777. The van der Waals surface area contributed by atoms with Gasteiger partial charge in [0.25, 0.3) is 0 Å². The molecule has 0 atom stereocenters. The highest BCUT2D eigenvalue weighted by molar-refractivity contribution is 5.37. The molecule has 1 aliphatic carbocycles. The normalized spacial score (nSPS) is 14.5. The molecule has 1 aromatic carbocycles. The van der Waals surface area contributed by atoms with E-state index in [9.17, 15) is 4.79 Å². The molecule has 0 radical (unpaired) electrons. The monoisotopic (exact) mass is 273 g/mol. The lowest BCUT2D eigenvalue weighted by Gasteiger charge is -2.09. The second-order valence-corrected chi connectivity index (χ2v) is 5.20. The van der Waals surface area contributed by atoms with Crippen molar-refractivity contribution in [2.24, 2.45) is 5.73 Å². The summed E-state index contributed by atoms with van der Waals surface area (Å²) in [4.78, 5) is 12.2. The molecule has 0 unspecified atom stereocenters. The van der Waals surface area contributed by atoms with Crippen molar-refractivity contribution in [3.8, 4) is 5.75 Å². The number of rotatable bonds is 5. The summed E-state index contributed by atoms with van der Waals surface area (Å²) in [7, 11) is 1.63. The molecule has 0 amide bonds. The van der Waals surface area contributed by atoms with Crippen LogP contribution in [0.2, 0.25) is 0 Å². The lowest BCUT2D eigenvalue weighted by Crippen LogP contribution is -2.23. The lowest BCUT2D eigenvalue weighted by atomic mass is 10.1. The summed E-state index contributed by atoms with van der Waals surface area (Å²) in [5.41, 5.74) is 7.73. The smallest absolute Gasteiger partial charge is 0.328 e. The van der Waals surface area contributed by atoms with Crippen LogP contribution in [-0.2, 0) is 13.1 Å². The number of nitrogens with zero attached hydrogens (tertiary/aromatic N) is 2. The Hall–Kier alpha value is -2.01. The second kappa shape index (κ2) is 5.17. The molecule has 0 saturated heterocycles. The highest BCUT2D eigenvalue weighted by atomic mass is 16.5. The molecule has 5 heteroatoms. The van der Waals surface area contributed by atoms with Crippen LogP contribution < -0.4 is 16.2 Å². The third-order valence-electron chi connectivity index (χ3n) is 3.74. The fourth-order valence-corrected chi connectivity index (χ4v) is 2.43. The average molecular weight is 273 g/mol. The van der Waals surface area contributed by atoms with Gasteiger partial charge in [-0.2, -0.15) is 0 Å². The number of benzene rings is 1. The first kappa shape index (κ1) is 13.0. The van der Waals surface area contributed by atoms with Crippen LogP contribution in [0.5, 0.6) is 5.75 Å². The molecule has 0 aliphatic heterocycles. The van der Waals surface area contributed by atoms with Gasteiger partial charge in [-0.15, -0.1) is 0 Å². The lowest BCUT2D eigenvalue weighted by molar-refractivity contribution is 0.409. The zero-order chi connectivity index (χ0) is 14.1. The van der Waals surface area contributed by atoms with Crippen molar-refractivity contribution in [3.63, 3.8) is 0 Å². The number of aromatic nitrogens is 2. The molecule has 1 heterocycles. The second-order valence-electron chi connectivity index (χ2n) is 5.20. The van der Waals surface area contributed by atoms with Crippen molar-refractivity contribution in [3.05, 3.63) is 52.2 Å². The number of hydrogen-bond acceptors (Lipinski definition) is 3. The van der Waals surface area contributed by atoms with E-state index in [2.05, 4.69) is 0 Å². The van der Waals surface area contributed by atoms with Gasteiger partial charge in [0.1, 0.15) is 5.75 Å². The molecule has 1 fully saturated rings. The Morgan fingerprint density at radius 3 is 2.80 bits per heavy atom. The molecule has 0 bridgehead atoms. The largest absolute Gasteiger partial charge is 0.496 e. The van der Waals surface area contributed by atoms with Crippen molar-refractivity contribution >= 4 is 0 Å². The Kier molecular flexibility index (Phi) is 3.36. The van der Waals surface area contributed by atoms with Gasteiger partial charge in [-0.1, -0.05) is 12.1 Å². The van der Waals surface area contributed by atoms with Crippen molar-refractivity contribution in [1.29, 1.82) is 0 Å². The van der Waals surface area contributed by atoms with Gasteiger partial charge in [-0.05, 0) is 24.5 Å². The number of ether oxygens (including phenoxy) is 1. The van der Waals surface area contributed by atoms with Gasteiger partial charge in [0.05, 0.1) is 13.7 Å². The van der Waals surface area contributed by atoms with E-state index in [-0.39, 0.29) is 5.69 Å². The molecule has 1 aromatic heterocycles. The summed E-state index contributed by atoms with van der Waals surface area (Å²) in [6.07, 6.45) is 5.96. The molecule has 1 aliphatic rings. The van der Waals surface area contributed by atoms with E-state index >= 15 is 0 Å². The van der Waals surface area contributed by atoms with Gasteiger partial charge in [-0.3, -0.25) is 9.13 Å². The maximum absolute atomic E-state index is 12.2. The zero-order valence-electron chi connectivity index (χ0n) is 11.6. The fraction of sp³-hybridized carbons (Fsp3) is 0.400. The quantitative estimate of drug-likeness (QED) is 0.898. The van der Waals surface area contributed by atoms with Crippen molar-refractivity contribution < 1.29 is 4.74 Å². The molecule has 0 spiro atoms. The van der Waals surface area contributed by atoms with Gasteiger partial charge in [0, 0.05) is 30.5 Å². The Labute approximate surface area is 117 Å². The van der Waals surface area contributed by atoms with Gasteiger partial charge < -0.3 is 10.5 Å². The molecular weight excluding hydrogens is 254 g/mol. The summed E-state index contributed by atoms with van der Waals surface area (Å²) in [6, 6.07) is 6.31. The minimum Gasteiger partial charge on any atom is -0.496 e. The van der Waals surface area contributed by atoms with Crippen LogP contribution in [-0.4, -0.2) is 16.2 Å². The van der Waals surface area contributed by atoms with E-state index in [1.54, 1.807) is 11.7 Å². The van der Waals surface area contributed by atoms with E-state index in [1.807, 2.05) is 35.2 Å². The third-order valence-corrected chi connectivity index (χ3v) is 3.74. The molecule has 1 saturated carbocycles. The summed E-state index contributed by atoms with van der Waals surface area (Å²) >= 11 is 0. The highest BCUT2D eigenvalue weighted by Crippen LogP contribution is 2.33. The summed E-state index contributed by atoms with van der Waals surface area (Å²) < 4.78 is 8.88. The predicted octanol–water partition coefficient (Wildman–Crippen LogP) is 1.50. The van der Waals surface area contributed by atoms with Crippen LogP contribution in [0.1, 0.15) is 30.0 Å². The first-order valence-electron chi connectivity index (χ1n) is 6.86. The van der Waals surface area contributed by atoms with Crippen LogP contribution in [0, 0.1) is 0 Å². The van der Waals surface area contributed by atoms with Crippen molar-refractivity contribution in [2.45, 2.75) is 32.0 Å². The SMILES string of the molecule is COc1cc(Cn2ccn(C3CC3)c2=O)ccc1CN. The maximum atomic E-state index is 12.2. The Balaban J connectivity index is 1.85. The van der Waals surface area contributed by atoms with Crippen molar-refractivity contribution in [2.75, 3.05) is 7.11 Å². The Morgan fingerprint density at radius 1 is 1.35 bits per heavy atom. The van der Waals surface area contributed by atoms with Crippen LogP contribution in [0.4, 0.5) is 0 Å². The molecule has 3 rings (SSSR count). The molecular formula is C15H19N3O2. The first-order chi connectivity index (χ1) is 9.72. The number of imidazole rings is 1. The van der Waals surface area contributed by atoms with Crippen LogP contribution in [0.25, 0.3) is 0 Å². The zero-order valence-corrected chi connectivity index (χ0v) is 11.6. The Morgan fingerprint density at radius 2 is 2.15 bits per heavy atom. The van der Waals surface area contributed by atoms with Crippen LogP contribution in [0.15, 0.2) is 35.4 Å². The van der Waals surface area contributed by atoms with E-state index in [4.69, 9.17) is 10.5 Å². The summed E-state index contributed by atoms with van der Waals surface area (Å²) in [6.45, 7) is 1.00. The number of methoxy groups -OCH3 is 1. The number of hydrogen-bond donors (Lipinski definition) is 1. The third kappa shape index (κ3) is 2.36.